The minimum absolute atomic E-state index is 0.00581. The quantitative estimate of drug-likeness (QED) is 0.525. The number of rotatable bonds is 7. The van der Waals surface area contributed by atoms with Crippen LogP contribution in [0.3, 0.4) is 0 Å². The summed E-state index contributed by atoms with van der Waals surface area (Å²) in [4.78, 5) is 24.9. The summed E-state index contributed by atoms with van der Waals surface area (Å²) in [5.41, 5.74) is 2.56. The lowest BCUT2D eigenvalue weighted by atomic mass is 10.2. The molecule has 1 heterocycles. The molecule has 168 valence electrons. The number of esters is 1. The van der Waals surface area contributed by atoms with E-state index in [1.807, 2.05) is 30.3 Å². The SMILES string of the molecule is Cc1nn(Cc2ccccc2)c(C)c1C(=O)OCC(=O)Nc1cc(S(C)(=O)=O)ccc1Cl. The van der Waals surface area contributed by atoms with E-state index in [-0.39, 0.29) is 15.6 Å². The molecule has 0 unspecified atom stereocenters. The van der Waals surface area contributed by atoms with Gasteiger partial charge in [0.2, 0.25) is 0 Å². The van der Waals surface area contributed by atoms with E-state index >= 15 is 0 Å². The lowest BCUT2D eigenvalue weighted by Gasteiger charge is -2.10. The Morgan fingerprint density at radius 1 is 1.12 bits per heavy atom. The van der Waals surface area contributed by atoms with Crippen molar-refractivity contribution in [2.24, 2.45) is 0 Å². The molecule has 8 nitrogen and oxygen atoms in total. The Bertz CT molecular complexity index is 1270. The van der Waals surface area contributed by atoms with Gasteiger partial charge in [-0.05, 0) is 37.6 Å². The fourth-order valence-electron chi connectivity index (χ4n) is 3.12. The van der Waals surface area contributed by atoms with E-state index in [0.29, 0.717) is 23.5 Å². The molecule has 0 saturated heterocycles. The predicted molar refractivity (Wildman–Crippen MR) is 121 cm³/mol. The van der Waals surface area contributed by atoms with Gasteiger partial charge in [0.1, 0.15) is 5.56 Å². The van der Waals surface area contributed by atoms with Crippen LogP contribution in [0.5, 0.6) is 0 Å². The molecular formula is C22H22ClN3O5S. The Morgan fingerprint density at radius 3 is 2.47 bits per heavy atom. The van der Waals surface area contributed by atoms with Crippen molar-refractivity contribution in [1.29, 1.82) is 0 Å². The Morgan fingerprint density at radius 2 is 1.81 bits per heavy atom. The van der Waals surface area contributed by atoms with E-state index < -0.39 is 28.3 Å². The number of amides is 1. The zero-order chi connectivity index (χ0) is 23.5. The molecule has 0 aliphatic heterocycles. The first-order valence-corrected chi connectivity index (χ1v) is 11.9. The third-order valence-electron chi connectivity index (χ3n) is 4.74. The number of aryl methyl sites for hydroxylation is 1. The molecule has 0 bridgehead atoms. The highest BCUT2D eigenvalue weighted by atomic mass is 35.5. The fourth-order valence-corrected chi connectivity index (χ4v) is 3.93. The summed E-state index contributed by atoms with van der Waals surface area (Å²) in [5, 5.41) is 7.03. The Labute approximate surface area is 191 Å². The number of benzene rings is 2. The van der Waals surface area contributed by atoms with E-state index in [2.05, 4.69) is 10.4 Å². The maximum Gasteiger partial charge on any atom is 0.342 e. The summed E-state index contributed by atoms with van der Waals surface area (Å²) in [6, 6.07) is 13.6. The zero-order valence-electron chi connectivity index (χ0n) is 17.8. The van der Waals surface area contributed by atoms with Crippen LogP contribution in [0, 0.1) is 13.8 Å². The van der Waals surface area contributed by atoms with Gasteiger partial charge in [-0.1, -0.05) is 41.9 Å². The topological polar surface area (TPSA) is 107 Å². The van der Waals surface area contributed by atoms with Gasteiger partial charge in [-0.15, -0.1) is 0 Å². The maximum atomic E-state index is 12.6. The third kappa shape index (κ3) is 5.54. The molecule has 3 aromatic rings. The first kappa shape index (κ1) is 23.5. The van der Waals surface area contributed by atoms with E-state index in [4.69, 9.17) is 16.3 Å². The van der Waals surface area contributed by atoms with Crippen molar-refractivity contribution < 1.29 is 22.7 Å². The summed E-state index contributed by atoms with van der Waals surface area (Å²) in [6.45, 7) is 3.38. The standard InChI is InChI=1S/C22H22ClN3O5S/c1-14-21(15(2)26(25-14)12-16-7-5-4-6-8-16)22(28)31-13-20(27)24-19-11-17(32(3,29)30)9-10-18(19)23/h4-11H,12-13H2,1-3H3,(H,24,27). The number of nitrogens with zero attached hydrogens (tertiary/aromatic N) is 2. The molecule has 0 atom stereocenters. The minimum atomic E-state index is -3.47. The number of ether oxygens (including phenoxy) is 1. The average Bonchev–Trinajstić information content (AvgIpc) is 3.00. The third-order valence-corrected chi connectivity index (χ3v) is 6.18. The molecule has 0 spiro atoms. The van der Waals surface area contributed by atoms with E-state index in [9.17, 15) is 18.0 Å². The molecule has 0 aliphatic carbocycles. The second-order valence-electron chi connectivity index (χ2n) is 7.23. The number of aromatic nitrogens is 2. The number of hydrogen-bond acceptors (Lipinski definition) is 6. The summed E-state index contributed by atoms with van der Waals surface area (Å²) in [7, 11) is -3.47. The van der Waals surface area contributed by atoms with E-state index in [0.717, 1.165) is 11.8 Å². The van der Waals surface area contributed by atoms with E-state index in [1.54, 1.807) is 18.5 Å². The van der Waals surface area contributed by atoms with Crippen molar-refractivity contribution in [2.75, 3.05) is 18.2 Å². The number of carbonyl (C=O) groups is 2. The first-order valence-electron chi connectivity index (χ1n) is 9.61. The van der Waals surface area contributed by atoms with Crippen LogP contribution in [-0.2, 0) is 25.9 Å². The Kier molecular flexibility index (Phi) is 7.00. The summed E-state index contributed by atoms with van der Waals surface area (Å²) in [6.07, 6.45) is 1.05. The lowest BCUT2D eigenvalue weighted by molar-refractivity contribution is -0.119. The first-order chi connectivity index (χ1) is 15.1. The van der Waals surface area contributed by atoms with Crippen molar-refractivity contribution in [3.63, 3.8) is 0 Å². The number of hydrogen-bond donors (Lipinski definition) is 1. The van der Waals surface area contributed by atoms with Crippen molar-refractivity contribution in [2.45, 2.75) is 25.3 Å². The maximum absolute atomic E-state index is 12.6. The number of anilines is 1. The van der Waals surface area contributed by atoms with Crippen molar-refractivity contribution in [3.8, 4) is 0 Å². The highest BCUT2D eigenvalue weighted by molar-refractivity contribution is 7.90. The number of sulfone groups is 1. The second kappa shape index (κ2) is 9.54. The molecule has 0 aliphatic rings. The zero-order valence-corrected chi connectivity index (χ0v) is 19.3. The number of halogens is 1. The van der Waals surface area contributed by atoms with Gasteiger partial charge < -0.3 is 10.1 Å². The molecule has 1 aromatic heterocycles. The molecule has 0 saturated carbocycles. The van der Waals surface area contributed by atoms with Crippen molar-refractivity contribution in [3.05, 3.63) is 76.1 Å². The van der Waals surface area contributed by atoms with Crippen LogP contribution in [0.15, 0.2) is 53.4 Å². The van der Waals surface area contributed by atoms with Crippen LogP contribution in [0.2, 0.25) is 5.02 Å². The van der Waals surface area contributed by atoms with Crippen LogP contribution in [0.25, 0.3) is 0 Å². The van der Waals surface area contributed by atoms with Gasteiger partial charge >= 0.3 is 5.97 Å². The highest BCUT2D eigenvalue weighted by Gasteiger charge is 2.21. The molecule has 1 N–H and O–H groups in total. The van der Waals surface area contributed by atoms with Gasteiger partial charge in [0, 0.05) is 6.26 Å². The molecule has 2 aromatic carbocycles. The monoisotopic (exact) mass is 475 g/mol. The highest BCUT2D eigenvalue weighted by Crippen LogP contribution is 2.25. The molecule has 32 heavy (non-hydrogen) atoms. The Balaban J connectivity index is 1.67. The van der Waals surface area contributed by atoms with Crippen molar-refractivity contribution >= 4 is 39.0 Å². The second-order valence-corrected chi connectivity index (χ2v) is 9.65. The average molecular weight is 476 g/mol. The molecular weight excluding hydrogens is 454 g/mol. The molecule has 0 fully saturated rings. The van der Waals surface area contributed by atoms with E-state index in [1.165, 1.54) is 18.2 Å². The summed E-state index contributed by atoms with van der Waals surface area (Å²) < 4.78 is 30.3. The lowest BCUT2D eigenvalue weighted by Crippen LogP contribution is -2.21. The van der Waals surface area contributed by atoms with Crippen LogP contribution in [-0.4, -0.2) is 42.9 Å². The van der Waals surface area contributed by atoms with Crippen LogP contribution >= 0.6 is 11.6 Å². The Hall–Kier alpha value is -3.17. The molecule has 10 heteroatoms. The predicted octanol–water partition coefficient (Wildman–Crippen LogP) is 3.40. The van der Waals surface area contributed by atoms with Gasteiger partial charge in [-0.3, -0.25) is 9.48 Å². The van der Waals surface area contributed by atoms with Gasteiger partial charge in [-0.2, -0.15) is 5.10 Å². The van der Waals surface area contributed by atoms with Crippen LogP contribution in [0.4, 0.5) is 5.69 Å². The summed E-state index contributed by atoms with van der Waals surface area (Å²) in [5.74, 6) is -1.33. The summed E-state index contributed by atoms with van der Waals surface area (Å²) >= 11 is 6.03. The molecule has 0 radical (unpaired) electrons. The normalized spacial score (nSPS) is 11.2. The largest absolute Gasteiger partial charge is 0.452 e. The molecule has 3 rings (SSSR count). The number of carbonyl (C=O) groups excluding carboxylic acids is 2. The fraction of sp³-hybridized carbons (Fsp3) is 0.227. The van der Waals surface area contributed by atoms with Crippen LogP contribution in [0.1, 0.15) is 27.3 Å². The van der Waals surface area contributed by atoms with Gasteiger partial charge in [0.15, 0.2) is 16.4 Å². The van der Waals surface area contributed by atoms with Crippen molar-refractivity contribution in [1.82, 2.24) is 9.78 Å². The van der Waals surface area contributed by atoms with Gasteiger partial charge in [-0.25, -0.2) is 13.2 Å². The smallest absolute Gasteiger partial charge is 0.342 e. The van der Waals surface area contributed by atoms with Crippen LogP contribution < -0.4 is 5.32 Å². The van der Waals surface area contributed by atoms with Gasteiger partial charge in [0.05, 0.1) is 33.5 Å². The van der Waals surface area contributed by atoms with Gasteiger partial charge in [0.25, 0.3) is 5.91 Å². The number of nitrogens with one attached hydrogen (secondary N) is 1. The molecule has 1 amide bonds. The minimum Gasteiger partial charge on any atom is -0.452 e.